The summed E-state index contributed by atoms with van der Waals surface area (Å²) >= 11 is 0. The Labute approximate surface area is 107 Å². The highest BCUT2D eigenvalue weighted by molar-refractivity contribution is 4.76. The van der Waals surface area contributed by atoms with Crippen molar-refractivity contribution in [1.82, 2.24) is 4.90 Å². The molecule has 1 atom stereocenters. The van der Waals surface area contributed by atoms with Crippen LogP contribution in [0, 0.1) is 5.41 Å². The minimum Gasteiger partial charge on any atom is -0.378 e. The van der Waals surface area contributed by atoms with E-state index in [-0.39, 0.29) is 5.41 Å². The summed E-state index contributed by atoms with van der Waals surface area (Å²) in [4.78, 5) is 2.55. The van der Waals surface area contributed by atoms with Crippen molar-refractivity contribution in [3.63, 3.8) is 0 Å². The summed E-state index contributed by atoms with van der Waals surface area (Å²) in [5, 5.41) is 0. The van der Waals surface area contributed by atoms with Crippen LogP contribution < -0.4 is 5.73 Å². The van der Waals surface area contributed by atoms with Gasteiger partial charge in [0.15, 0.2) is 0 Å². The van der Waals surface area contributed by atoms with Crippen LogP contribution in [0.25, 0.3) is 0 Å². The first-order valence-corrected chi connectivity index (χ1v) is 7.11. The number of hydrogen-bond acceptors (Lipinski definition) is 3. The molecule has 0 aromatic rings. The highest BCUT2D eigenvalue weighted by Crippen LogP contribution is 2.19. The number of ether oxygens (including phenoxy) is 1. The van der Waals surface area contributed by atoms with Crippen molar-refractivity contribution in [2.75, 3.05) is 32.8 Å². The van der Waals surface area contributed by atoms with Gasteiger partial charge in [-0.3, -0.25) is 0 Å². The Morgan fingerprint density at radius 1 is 1.35 bits per heavy atom. The van der Waals surface area contributed by atoms with E-state index in [1.54, 1.807) is 0 Å². The summed E-state index contributed by atoms with van der Waals surface area (Å²) in [5.74, 6) is 0. The molecule has 2 N–H and O–H groups in total. The van der Waals surface area contributed by atoms with Gasteiger partial charge in [-0.05, 0) is 44.2 Å². The maximum Gasteiger partial charge on any atom is 0.0588 e. The largest absolute Gasteiger partial charge is 0.378 e. The Morgan fingerprint density at radius 3 is 2.65 bits per heavy atom. The molecule has 1 aliphatic rings. The quantitative estimate of drug-likeness (QED) is 0.709. The Kier molecular flexibility index (Phi) is 6.45. The van der Waals surface area contributed by atoms with E-state index in [1.807, 2.05) is 0 Å². The molecule has 1 fully saturated rings. The van der Waals surface area contributed by atoms with Gasteiger partial charge in [0.25, 0.3) is 0 Å². The van der Waals surface area contributed by atoms with Crippen LogP contribution in [-0.2, 0) is 4.74 Å². The molecule has 0 aromatic carbocycles. The molecule has 0 radical (unpaired) electrons. The van der Waals surface area contributed by atoms with Crippen molar-refractivity contribution < 1.29 is 4.74 Å². The van der Waals surface area contributed by atoms with Gasteiger partial charge in [0.2, 0.25) is 0 Å². The molecular weight excluding hydrogens is 212 g/mol. The van der Waals surface area contributed by atoms with Gasteiger partial charge in [0.05, 0.1) is 6.10 Å². The number of nitrogens with zero attached hydrogens (tertiary/aromatic N) is 1. The van der Waals surface area contributed by atoms with Crippen molar-refractivity contribution in [3.8, 4) is 0 Å². The van der Waals surface area contributed by atoms with E-state index in [4.69, 9.17) is 10.5 Å². The first kappa shape index (κ1) is 14.9. The van der Waals surface area contributed by atoms with E-state index < -0.39 is 0 Å². The summed E-state index contributed by atoms with van der Waals surface area (Å²) < 4.78 is 5.69. The zero-order chi connectivity index (χ0) is 12.7. The molecule has 1 rings (SSSR count). The Balaban J connectivity index is 2.31. The topological polar surface area (TPSA) is 38.5 Å². The fourth-order valence-corrected chi connectivity index (χ4v) is 2.45. The molecule has 0 aliphatic carbocycles. The molecule has 1 heterocycles. The van der Waals surface area contributed by atoms with Gasteiger partial charge in [-0.1, -0.05) is 20.8 Å². The average molecular weight is 242 g/mol. The van der Waals surface area contributed by atoms with Crippen LogP contribution in [0.2, 0.25) is 0 Å². The molecule has 1 unspecified atom stereocenters. The van der Waals surface area contributed by atoms with Crippen molar-refractivity contribution in [3.05, 3.63) is 0 Å². The van der Waals surface area contributed by atoms with Crippen molar-refractivity contribution in [2.45, 2.75) is 52.6 Å². The number of rotatable bonds is 8. The van der Waals surface area contributed by atoms with Crippen molar-refractivity contribution >= 4 is 0 Å². The minimum absolute atomic E-state index is 0.228. The third kappa shape index (κ3) is 5.84. The lowest BCUT2D eigenvalue weighted by molar-refractivity contribution is 0.0850. The Morgan fingerprint density at radius 2 is 2.12 bits per heavy atom. The summed E-state index contributed by atoms with van der Waals surface area (Å²) in [6, 6.07) is 0. The molecule has 0 spiro atoms. The smallest absolute Gasteiger partial charge is 0.0588 e. The van der Waals surface area contributed by atoms with E-state index in [0.717, 1.165) is 26.2 Å². The van der Waals surface area contributed by atoms with Crippen LogP contribution in [0.3, 0.4) is 0 Å². The molecule has 1 aliphatic heterocycles. The van der Waals surface area contributed by atoms with Gasteiger partial charge in [0, 0.05) is 19.7 Å². The first-order valence-electron chi connectivity index (χ1n) is 7.11. The maximum atomic E-state index is 5.82. The SMILES string of the molecule is CCCN(CCC1CCCO1)CC(C)(C)CN. The van der Waals surface area contributed by atoms with E-state index in [1.165, 1.54) is 32.2 Å². The number of nitrogens with two attached hydrogens (primary N) is 1. The van der Waals surface area contributed by atoms with E-state index in [0.29, 0.717) is 6.10 Å². The summed E-state index contributed by atoms with van der Waals surface area (Å²) in [6.07, 6.45) is 5.40. The second-order valence-corrected chi connectivity index (χ2v) is 6.07. The molecule has 3 heteroatoms. The molecule has 0 bridgehead atoms. The van der Waals surface area contributed by atoms with Crippen LogP contribution in [0.4, 0.5) is 0 Å². The second-order valence-electron chi connectivity index (χ2n) is 6.07. The lowest BCUT2D eigenvalue weighted by Gasteiger charge is -2.32. The Hall–Kier alpha value is -0.120. The summed E-state index contributed by atoms with van der Waals surface area (Å²) in [6.45, 7) is 11.9. The Bertz CT molecular complexity index is 200. The highest BCUT2D eigenvalue weighted by Gasteiger charge is 2.21. The maximum absolute atomic E-state index is 5.82. The number of hydrogen-bond donors (Lipinski definition) is 1. The lowest BCUT2D eigenvalue weighted by atomic mass is 9.93. The van der Waals surface area contributed by atoms with Crippen LogP contribution in [-0.4, -0.2) is 43.8 Å². The normalized spacial score (nSPS) is 21.4. The highest BCUT2D eigenvalue weighted by atomic mass is 16.5. The molecule has 3 nitrogen and oxygen atoms in total. The van der Waals surface area contributed by atoms with E-state index in [2.05, 4.69) is 25.7 Å². The van der Waals surface area contributed by atoms with Gasteiger partial charge in [-0.2, -0.15) is 0 Å². The minimum atomic E-state index is 0.228. The molecule has 17 heavy (non-hydrogen) atoms. The standard InChI is InChI=1S/C14H30N2O/c1-4-8-16(12-14(2,3)11-15)9-7-13-6-5-10-17-13/h13H,4-12,15H2,1-3H3. The molecular formula is C14H30N2O. The molecule has 0 aromatic heterocycles. The molecule has 0 saturated carbocycles. The monoisotopic (exact) mass is 242 g/mol. The van der Waals surface area contributed by atoms with Crippen LogP contribution >= 0.6 is 0 Å². The van der Waals surface area contributed by atoms with Crippen molar-refractivity contribution in [2.24, 2.45) is 11.1 Å². The first-order chi connectivity index (χ1) is 8.07. The molecule has 1 saturated heterocycles. The third-order valence-electron chi connectivity index (χ3n) is 3.54. The third-order valence-corrected chi connectivity index (χ3v) is 3.54. The van der Waals surface area contributed by atoms with Gasteiger partial charge in [-0.15, -0.1) is 0 Å². The summed E-state index contributed by atoms with van der Waals surface area (Å²) in [5.41, 5.74) is 6.05. The van der Waals surface area contributed by atoms with Crippen LogP contribution in [0.5, 0.6) is 0 Å². The fraction of sp³-hybridized carbons (Fsp3) is 1.00. The molecule has 102 valence electrons. The predicted octanol–water partition coefficient (Wildman–Crippen LogP) is 2.25. The second kappa shape index (κ2) is 7.34. The van der Waals surface area contributed by atoms with Gasteiger partial charge in [-0.25, -0.2) is 0 Å². The molecule has 0 amide bonds. The van der Waals surface area contributed by atoms with Crippen LogP contribution in [0.1, 0.15) is 46.5 Å². The fourth-order valence-electron chi connectivity index (χ4n) is 2.45. The van der Waals surface area contributed by atoms with Gasteiger partial charge in [0.1, 0.15) is 0 Å². The lowest BCUT2D eigenvalue weighted by Crippen LogP contribution is -2.40. The van der Waals surface area contributed by atoms with Crippen LogP contribution in [0.15, 0.2) is 0 Å². The predicted molar refractivity (Wildman–Crippen MR) is 73.2 cm³/mol. The van der Waals surface area contributed by atoms with E-state index >= 15 is 0 Å². The van der Waals surface area contributed by atoms with Gasteiger partial charge >= 0.3 is 0 Å². The van der Waals surface area contributed by atoms with Crippen molar-refractivity contribution in [1.29, 1.82) is 0 Å². The average Bonchev–Trinajstić information content (AvgIpc) is 2.79. The van der Waals surface area contributed by atoms with E-state index in [9.17, 15) is 0 Å². The van der Waals surface area contributed by atoms with Gasteiger partial charge < -0.3 is 15.4 Å². The zero-order valence-corrected chi connectivity index (χ0v) is 11.9. The summed E-state index contributed by atoms with van der Waals surface area (Å²) in [7, 11) is 0. The zero-order valence-electron chi connectivity index (χ0n) is 11.9.